The molecule has 0 aliphatic carbocycles. The summed E-state index contributed by atoms with van der Waals surface area (Å²) in [7, 11) is 0. The summed E-state index contributed by atoms with van der Waals surface area (Å²) >= 11 is 1.38. The van der Waals surface area contributed by atoms with Crippen LogP contribution in [0.4, 0.5) is 10.6 Å². The highest BCUT2D eigenvalue weighted by atomic mass is 32.1. The van der Waals surface area contributed by atoms with Crippen molar-refractivity contribution in [1.29, 1.82) is 0 Å². The highest BCUT2D eigenvalue weighted by Gasteiger charge is 2.19. The number of ether oxygens (including phenoxy) is 1. The minimum absolute atomic E-state index is 0.303. The van der Waals surface area contributed by atoms with Gasteiger partial charge in [0.15, 0.2) is 5.82 Å². The quantitative estimate of drug-likeness (QED) is 0.694. The van der Waals surface area contributed by atoms with E-state index in [1.54, 1.807) is 25.3 Å². The van der Waals surface area contributed by atoms with Crippen LogP contribution in [-0.2, 0) is 0 Å². The molecule has 2 N–H and O–H groups in total. The standard InChI is InChI=1S/C15H16N6O3S/c1-3-21(15(22)23)10-7-9(5-6-16-10)14-19-13(24-4-2)11(25-14)12-17-8-18-20-12/h5-8H,3-4H2,1-2H3,(H,22,23)(H,17,18,20). The fourth-order valence-electron chi connectivity index (χ4n) is 2.22. The molecule has 0 bridgehead atoms. The molecule has 10 heteroatoms. The number of carbonyl (C=O) groups is 1. The summed E-state index contributed by atoms with van der Waals surface area (Å²) in [6.45, 7) is 4.40. The number of pyridine rings is 1. The zero-order chi connectivity index (χ0) is 17.8. The predicted octanol–water partition coefficient (Wildman–Crippen LogP) is 2.89. The number of nitrogens with zero attached hydrogens (tertiary/aromatic N) is 5. The Bertz CT molecular complexity index is 864. The van der Waals surface area contributed by atoms with Crippen LogP contribution in [-0.4, -0.2) is 49.5 Å². The van der Waals surface area contributed by atoms with Crippen molar-refractivity contribution in [3.63, 3.8) is 0 Å². The molecule has 0 saturated carbocycles. The van der Waals surface area contributed by atoms with Gasteiger partial charge in [-0.3, -0.25) is 10.00 Å². The summed E-state index contributed by atoms with van der Waals surface area (Å²) in [5.41, 5.74) is 0.751. The Hall–Kier alpha value is -3.01. The minimum Gasteiger partial charge on any atom is -0.477 e. The maximum absolute atomic E-state index is 11.3. The van der Waals surface area contributed by atoms with Crippen LogP contribution in [0.2, 0.25) is 0 Å². The number of anilines is 1. The lowest BCUT2D eigenvalue weighted by atomic mass is 10.2. The van der Waals surface area contributed by atoms with Crippen LogP contribution in [0.5, 0.6) is 5.88 Å². The first-order chi connectivity index (χ1) is 12.1. The third kappa shape index (κ3) is 3.43. The van der Waals surface area contributed by atoms with Crippen molar-refractivity contribution in [2.24, 2.45) is 0 Å². The van der Waals surface area contributed by atoms with Crippen LogP contribution in [0.25, 0.3) is 21.3 Å². The average Bonchev–Trinajstić information content (AvgIpc) is 3.25. The van der Waals surface area contributed by atoms with Crippen LogP contribution >= 0.6 is 11.3 Å². The lowest BCUT2D eigenvalue weighted by Crippen LogP contribution is -2.29. The first kappa shape index (κ1) is 16.8. The van der Waals surface area contributed by atoms with Crippen molar-refractivity contribution in [1.82, 2.24) is 25.1 Å². The Kier molecular flexibility index (Phi) is 4.89. The van der Waals surface area contributed by atoms with Crippen LogP contribution < -0.4 is 9.64 Å². The van der Waals surface area contributed by atoms with Gasteiger partial charge in [-0.15, -0.1) is 11.3 Å². The van der Waals surface area contributed by atoms with Crippen molar-refractivity contribution in [2.75, 3.05) is 18.1 Å². The molecule has 0 aliphatic rings. The van der Waals surface area contributed by atoms with Crippen molar-refractivity contribution in [3.05, 3.63) is 24.7 Å². The van der Waals surface area contributed by atoms with Crippen LogP contribution in [0, 0.1) is 0 Å². The lowest BCUT2D eigenvalue weighted by Gasteiger charge is -2.15. The lowest BCUT2D eigenvalue weighted by molar-refractivity contribution is 0.202. The number of H-pyrrole nitrogens is 1. The number of aromatic amines is 1. The van der Waals surface area contributed by atoms with E-state index in [2.05, 4.69) is 25.1 Å². The molecule has 1 amide bonds. The molecule has 0 fully saturated rings. The Morgan fingerprint density at radius 2 is 2.24 bits per heavy atom. The Morgan fingerprint density at radius 3 is 2.88 bits per heavy atom. The number of nitrogens with one attached hydrogen (secondary N) is 1. The van der Waals surface area contributed by atoms with Gasteiger partial charge in [-0.25, -0.2) is 19.7 Å². The average molecular weight is 360 g/mol. The van der Waals surface area contributed by atoms with E-state index in [1.807, 2.05) is 6.92 Å². The molecule has 0 saturated heterocycles. The molecular weight excluding hydrogens is 344 g/mol. The first-order valence-electron chi connectivity index (χ1n) is 7.60. The van der Waals surface area contributed by atoms with Gasteiger partial charge in [-0.05, 0) is 26.0 Å². The number of thiazole rings is 1. The molecule has 0 atom stereocenters. The molecule has 9 nitrogen and oxygen atoms in total. The van der Waals surface area contributed by atoms with Gasteiger partial charge < -0.3 is 9.84 Å². The second-order valence-corrected chi connectivity index (χ2v) is 5.85. The third-order valence-corrected chi connectivity index (χ3v) is 4.42. The van der Waals surface area contributed by atoms with Crippen molar-refractivity contribution in [2.45, 2.75) is 13.8 Å². The van der Waals surface area contributed by atoms with Gasteiger partial charge in [0.05, 0.1) is 6.61 Å². The number of hydrogen-bond acceptors (Lipinski definition) is 7. The zero-order valence-electron chi connectivity index (χ0n) is 13.6. The monoisotopic (exact) mass is 360 g/mol. The molecule has 3 rings (SSSR count). The van der Waals surface area contributed by atoms with E-state index in [0.717, 1.165) is 15.3 Å². The molecule has 0 radical (unpaired) electrons. The summed E-state index contributed by atoms with van der Waals surface area (Å²) in [5, 5.41) is 16.6. The van der Waals surface area contributed by atoms with Crippen molar-refractivity contribution < 1.29 is 14.6 Å². The number of hydrogen-bond donors (Lipinski definition) is 2. The van der Waals surface area contributed by atoms with Gasteiger partial charge in [0.2, 0.25) is 5.88 Å². The molecule has 3 aromatic heterocycles. The highest BCUT2D eigenvalue weighted by Crippen LogP contribution is 2.38. The molecule has 0 aliphatic heterocycles. The first-order valence-corrected chi connectivity index (χ1v) is 8.41. The third-order valence-electron chi connectivity index (χ3n) is 3.32. The van der Waals surface area contributed by atoms with E-state index in [4.69, 9.17) is 4.74 Å². The highest BCUT2D eigenvalue weighted by molar-refractivity contribution is 7.18. The Balaban J connectivity index is 2.02. The summed E-state index contributed by atoms with van der Waals surface area (Å²) in [4.78, 5) is 26.0. The second-order valence-electron chi connectivity index (χ2n) is 4.85. The molecular formula is C15H16N6O3S. The summed E-state index contributed by atoms with van der Waals surface area (Å²) in [6, 6.07) is 3.47. The van der Waals surface area contributed by atoms with Crippen LogP contribution in [0.1, 0.15) is 13.8 Å². The van der Waals surface area contributed by atoms with Crippen LogP contribution in [0.15, 0.2) is 24.7 Å². The van der Waals surface area contributed by atoms with Crippen molar-refractivity contribution in [3.8, 4) is 27.2 Å². The molecule has 0 unspecified atom stereocenters. The number of amides is 1. The predicted molar refractivity (Wildman–Crippen MR) is 92.9 cm³/mol. The fraction of sp³-hybridized carbons (Fsp3) is 0.267. The van der Waals surface area contributed by atoms with E-state index < -0.39 is 6.09 Å². The van der Waals surface area contributed by atoms with Gasteiger partial charge >= 0.3 is 6.09 Å². The molecule has 0 spiro atoms. The fourth-order valence-corrected chi connectivity index (χ4v) is 3.18. The second kappa shape index (κ2) is 7.26. The van der Waals surface area contributed by atoms with Crippen molar-refractivity contribution >= 4 is 23.2 Å². The number of rotatable bonds is 6. The van der Waals surface area contributed by atoms with Gasteiger partial charge in [0.25, 0.3) is 0 Å². The van der Waals surface area contributed by atoms with E-state index in [1.165, 1.54) is 17.7 Å². The number of aromatic nitrogens is 5. The molecule has 25 heavy (non-hydrogen) atoms. The molecule has 0 aromatic carbocycles. The SMILES string of the molecule is CCOc1nc(-c2ccnc(N(CC)C(=O)O)c2)sc1-c1ncn[nH]1. The maximum Gasteiger partial charge on any atom is 0.412 e. The summed E-state index contributed by atoms with van der Waals surface area (Å²) < 4.78 is 5.59. The molecule has 3 heterocycles. The Morgan fingerprint density at radius 1 is 1.40 bits per heavy atom. The summed E-state index contributed by atoms with van der Waals surface area (Å²) in [6.07, 6.45) is 1.93. The van der Waals surface area contributed by atoms with Gasteiger partial charge in [0.1, 0.15) is 22.0 Å². The molecule has 3 aromatic rings. The number of carboxylic acid groups (broad SMARTS) is 1. The van der Waals surface area contributed by atoms with E-state index in [9.17, 15) is 9.90 Å². The normalized spacial score (nSPS) is 10.6. The van der Waals surface area contributed by atoms with Gasteiger partial charge in [0, 0.05) is 18.3 Å². The largest absolute Gasteiger partial charge is 0.477 e. The smallest absolute Gasteiger partial charge is 0.412 e. The van der Waals surface area contributed by atoms with E-state index in [-0.39, 0.29) is 0 Å². The Labute approximate surface area is 147 Å². The van der Waals surface area contributed by atoms with Gasteiger partial charge in [-0.2, -0.15) is 5.10 Å². The van der Waals surface area contributed by atoms with E-state index >= 15 is 0 Å². The zero-order valence-corrected chi connectivity index (χ0v) is 14.4. The topological polar surface area (TPSA) is 117 Å². The minimum atomic E-state index is -1.05. The van der Waals surface area contributed by atoms with Crippen LogP contribution in [0.3, 0.4) is 0 Å². The maximum atomic E-state index is 11.3. The van der Waals surface area contributed by atoms with E-state index in [0.29, 0.717) is 35.7 Å². The van der Waals surface area contributed by atoms with Gasteiger partial charge in [-0.1, -0.05) is 0 Å². The summed E-state index contributed by atoms with van der Waals surface area (Å²) in [5.74, 6) is 1.38. The molecule has 130 valence electrons.